The molecule has 0 spiro atoms. The summed E-state index contributed by atoms with van der Waals surface area (Å²) >= 11 is 0. The maximum absolute atomic E-state index is 10.8. The van der Waals surface area contributed by atoms with Crippen molar-refractivity contribution in [2.75, 3.05) is 0 Å². The molecule has 0 bridgehead atoms. The standard InChI is InChI=1S/C15H26O.CO2/c1-5-15(16)11-6-8-12-13(2,3)9-7-10-14(12,15)4;2-1-3/h5,12,16H,1,6-11H2,2-4H3;/t12-,14-,15?;/m1./s1. The van der Waals surface area contributed by atoms with Gasteiger partial charge in [-0.15, -0.1) is 6.58 Å². The molecule has 0 amide bonds. The van der Waals surface area contributed by atoms with Crippen LogP contribution in [-0.2, 0) is 9.59 Å². The van der Waals surface area contributed by atoms with Crippen molar-refractivity contribution in [3.63, 3.8) is 0 Å². The molecule has 1 unspecified atom stereocenters. The summed E-state index contributed by atoms with van der Waals surface area (Å²) < 4.78 is 0. The van der Waals surface area contributed by atoms with Crippen LogP contribution in [0.4, 0.5) is 0 Å². The molecular formula is C16H26O3. The van der Waals surface area contributed by atoms with E-state index in [4.69, 9.17) is 9.59 Å². The van der Waals surface area contributed by atoms with Crippen molar-refractivity contribution in [2.45, 2.75) is 64.9 Å². The van der Waals surface area contributed by atoms with Gasteiger partial charge in [0.25, 0.3) is 0 Å². The Bertz CT molecular complexity index is 368. The Labute approximate surface area is 116 Å². The van der Waals surface area contributed by atoms with Crippen molar-refractivity contribution in [3.8, 4) is 0 Å². The Morgan fingerprint density at radius 3 is 2.26 bits per heavy atom. The van der Waals surface area contributed by atoms with Gasteiger partial charge in [-0.3, -0.25) is 0 Å². The molecule has 0 aromatic rings. The zero-order valence-corrected chi connectivity index (χ0v) is 12.4. The summed E-state index contributed by atoms with van der Waals surface area (Å²) in [4.78, 5) is 16.2. The lowest BCUT2D eigenvalue weighted by Gasteiger charge is -2.60. The van der Waals surface area contributed by atoms with E-state index >= 15 is 0 Å². The molecule has 3 atom stereocenters. The highest BCUT2D eigenvalue weighted by Crippen LogP contribution is 2.61. The van der Waals surface area contributed by atoms with Gasteiger partial charge in [-0.1, -0.05) is 33.3 Å². The van der Waals surface area contributed by atoms with Crippen LogP contribution in [0.1, 0.15) is 59.3 Å². The zero-order valence-electron chi connectivity index (χ0n) is 12.4. The van der Waals surface area contributed by atoms with Crippen molar-refractivity contribution in [3.05, 3.63) is 12.7 Å². The van der Waals surface area contributed by atoms with Crippen LogP contribution in [0.3, 0.4) is 0 Å². The molecule has 3 heteroatoms. The molecule has 19 heavy (non-hydrogen) atoms. The van der Waals surface area contributed by atoms with Crippen molar-refractivity contribution < 1.29 is 14.7 Å². The molecule has 2 saturated carbocycles. The van der Waals surface area contributed by atoms with Gasteiger partial charge in [0, 0.05) is 5.41 Å². The number of hydrogen-bond donors (Lipinski definition) is 1. The Morgan fingerprint density at radius 1 is 1.16 bits per heavy atom. The highest BCUT2D eigenvalue weighted by Gasteiger charge is 2.57. The Balaban J connectivity index is 0.000000550. The molecule has 2 rings (SSSR count). The number of carbonyl (C=O) groups excluding carboxylic acids is 2. The second-order valence-corrected chi connectivity index (χ2v) is 6.92. The highest BCUT2D eigenvalue weighted by atomic mass is 16.3. The minimum absolute atomic E-state index is 0.0503. The molecule has 0 radical (unpaired) electrons. The molecule has 2 fully saturated rings. The summed E-state index contributed by atoms with van der Waals surface area (Å²) in [7, 11) is 0. The average Bonchev–Trinajstić information content (AvgIpc) is 2.32. The Kier molecular flexibility index (Phi) is 4.76. The number of aliphatic hydroxyl groups is 1. The number of hydrogen-bond acceptors (Lipinski definition) is 3. The van der Waals surface area contributed by atoms with E-state index in [1.54, 1.807) is 0 Å². The van der Waals surface area contributed by atoms with Crippen LogP contribution in [0.15, 0.2) is 12.7 Å². The summed E-state index contributed by atoms with van der Waals surface area (Å²) in [5.74, 6) is 0.644. The molecule has 0 aromatic carbocycles. The summed E-state index contributed by atoms with van der Waals surface area (Å²) in [5.41, 5.74) is -0.202. The third kappa shape index (κ3) is 2.68. The van der Waals surface area contributed by atoms with Gasteiger partial charge in [0.1, 0.15) is 0 Å². The third-order valence-corrected chi connectivity index (χ3v) is 5.61. The maximum atomic E-state index is 10.8. The number of rotatable bonds is 1. The predicted octanol–water partition coefficient (Wildman–Crippen LogP) is 3.34. The molecular weight excluding hydrogens is 240 g/mol. The third-order valence-electron chi connectivity index (χ3n) is 5.61. The van der Waals surface area contributed by atoms with E-state index in [0.717, 1.165) is 19.3 Å². The molecule has 0 heterocycles. The topological polar surface area (TPSA) is 54.4 Å². The van der Waals surface area contributed by atoms with E-state index in [9.17, 15) is 5.11 Å². The molecule has 2 aliphatic rings. The second-order valence-electron chi connectivity index (χ2n) is 6.92. The molecule has 0 saturated heterocycles. The van der Waals surface area contributed by atoms with Gasteiger partial charge in [0.15, 0.2) is 0 Å². The van der Waals surface area contributed by atoms with Crippen LogP contribution >= 0.6 is 0 Å². The molecule has 0 aromatic heterocycles. The van der Waals surface area contributed by atoms with Gasteiger partial charge in [0.2, 0.25) is 0 Å². The lowest BCUT2D eigenvalue weighted by atomic mass is 9.47. The molecule has 0 aliphatic heterocycles. The first kappa shape index (κ1) is 16.1. The van der Waals surface area contributed by atoms with Gasteiger partial charge in [-0.2, -0.15) is 9.59 Å². The van der Waals surface area contributed by atoms with E-state index in [2.05, 4.69) is 27.4 Å². The fraction of sp³-hybridized carbons (Fsp3) is 0.812. The fourth-order valence-corrected chi connectivity index (χ4v) is 4.55. The monoisotopic (exact) mass is 266 g/mol. The lowest BCUT2D eigenvalue weighted by molar-refractivity contribution is -0.191. The van der Waals surface area contributed by atoms with Crippen molar-refractivity contribution in [1.29, 1.82) is 0 Å². The van der Waals surface area contributed by atoms with Gasteiger partial charge in [-0.25, -0.2) is 0 Å². The zero-order chi connectivity index (χ0) is 14.7. The van der Waals surface area contributed by atoms with Crippen LogP contribution in [0, 0.1) is 16.7 Å². The quantitative estimate of drug-likeness (QED) is 0.741. The molecule has 1 N–H and O–H groups in total. The summed E-state index contributed by atoms with van der Waals surface area (Å²) in [6.07, 6.45) is 9.10. The normalized spacial score (nSPS) is 40.1. The van der Waals surface area contributed by atoms with Gasteiger partial charge in [-0.05, 0) is 43.4 Å². The van der Waals surface area contributed by atoms with Gasteiger partial charge in [0.05, 0.1) is 5.60 Å². The van der Waals surface area contributed by atoms with E-state index in [-0.39, 0.29) is 11.6 Å². The average molecular weight is 266 g/mol. The van der Waals surface area contributed by atoms with Crippen molar-refractivity contribution >= 4 is 6.15 Å². The first-order valence-electron chi connectivity index (χ1n) is 7.13. The largest absolute Gasteiger partial charge is 0.385 e. The Hall–Kier alpha value is -0.920. The molecule has 108 valence electrons. The smallest absolute Gasteiger partial charge is 0.373 e. The van der Waals surface area contributed by atoms with E-state index in [1.807, 2.05) is 6.08 Å². The molecule has 3 nitrogen and oxygen atoms in total. The van der Waals surface area contributed by atoms with Crippen LogP contribution < -0.4 is 0 Å². The lowest BCUT2D eigenvalue weighted by Crippen LogP contribution is -2.57. The minimum atomic E-state index is -0.631. The summed E-state index contributed by atoms with van der Waals surface area (Å²) in [5, 5.41) is 10.8. The van der Waals surface area contributed by atoms with Crippen LogP contribution in [0.2, 0.25) is 0 Å². The van der Waals surface area contributed by atoms with Crippen LogP contribution in [-0.4, -0.2) is 16.9 Å². The van der Waals surface area contributed by atoms with Crippen LogP contribution in [0.25, 0.3) is 0 Å². The second kappa shape index (κ2) is 5.60. The predicted molar refractivity (Wildman–Crippen MR) is 73.2 cm³/mol. The summed E-state index contributed by atoms with van der Waals surface area (Å²) in [6, 6.07) is 0. The Morgan fingerprint density at radius 2 is 1.74 bits per heavy atom. The summed E-state index contributed by atoms with van der Waals surface area (Å²) in [6.45, 7) is 10.9. The molecule has 2 aliphatic carbocycles. The minimum Gasteiger partial charge on any atom is -0.385 e. The van der Waals surface area contributed by atoms with Gasteiger partial charge < -0.3 is 5.11 Å². The van der Waals surface area contributed by atoms with E-state index in [0.29, 0.717) is 11.3 Å². The SMILES string of the molecule is C=CC1(O)CCC[C@@H]2C(C)(C)CCC[C@]21C.O=C=O. The van der Waals surface area contributed by atoms with Gasteiger partial charge >= 0.3 is 6.15 Å². The number of fused-ring (bicyclic) bond motifs is 1. The highest BCUT2D eigenvalue weighted by molar-refractivity contribution is 5.20. The first-order chi connectivity index (χ1) is 8.77. The first-order valence-corrected chi connectivity index (χ1v) is 7.13. The van der Waals surface area contributed by atoms with E-state index in [1.165, 1.54) is 19.3 Å². The van der Waals surface area contributed by atoms with Crippen molar-refractivity contribution in [1.82, 2.24) is 0 Å². The van der Waals surface area contributed by atoms with Crippen LogP contribution in [0.5, 0.6) is 0 Å². The van der Waals surface area contributed by atoms with E-state index < -0.39 is 5.60 Å². The van der Waals surface area contributed by atoms with Crippen molar-refractivity contribution in [2.24, 2.45) is 16.7 Å². The fourth-order valence-electron chi connectivity index (χ4n) is 4.55. The maximum Gasteiger partial charge on any atom is 0.373 e.